The van der Waals surface area contributed by atoms with E-state index in [1.807, 2.05) is 19.1 Å². The zero-order chi connectivity index (χ0) is 14.9. The molecule has 0 bridgehead atoms. The molecule has 1 aliphatic carbocycles. The molecule has 3 N–H and O–H groups in total. The molecule has 1 aliphatic heterocycles. The fraction of sp³-hybridized carbons (Fsp3) is 0.625. The van der Waals surface area contributed by atoms with E-state index in [0.717, 1.165) is 44.0 Å². The Morgan fingerprint density at radius 2 is 2.10 bits per heavy atom. The van der Waals surface area contributed by atoms with E-state index in [4.69, 9.17) is 5.73 Å². The van der Waals surface area contributed by atoms with Crippen molar-refractivity contribution in [2.45, 2.75) is 44.6 Å². The van der Waals surface area contributed by atoms with Gasteiger partial charge >= 0.3 is 0 Å². The van der Waals surface area contributed by atoms with Crippen molar-refractivity contribution in [3.05, 3.63) is 23.4 Å². The second kappa shape index (κ2) is 5.64. The smallest absolute Gasteiger partial charge is 0.252 e. The molecular formula is C16H24N4O. The highest BCUT2D eigenvalue weighted by Crippen LogP contribution is 2.38. The number of primary amides is 1. The van der Waals surface area contributed by atoms with Crippen LogP contribution in [0.4, 0.5) is 5.82 Å². The third kappa shape index (κ3) is 2.62. The first-order chi connectivity index (χ1) is 10.1. The summed E-state index contributed by atoms with van der Waals surface area (Å²) in [5.74, 6) is 0.396. The quantitative estimate of drug-likeness (QED) is 0.867. The van der Waals surface area contributed by atoms with Gasteiger partial charge in [0.1, 0.15) is 5.82 Å². The molecule has 0 unspecified atom stereocenters. The molecule has 2 aliphatic rings. The van der Waals surface area contributed by atoms with Crippen molar-refractivity contribution in [2.75, 3.05) is 24.5 Å². The van der Waals surface area contributed by atoms with Crippen LogP contribution in [-0.4, -0.2) is 36.1 Å². The van der Waals surface area contributed by atoms with Crippen molar-refractivity contribution in [3.8, 4) is 0 Å². The van der Waals surface area contributed by atoms with Crippen LogP contribution in [0.25, 0.3) is 0 Å². The van der Waals surface area contributed by atoms with E-state index >= 15 is 0 Å². The average Bonchev–Trinajstić information content (AvgIpc) is 2.48. The third-order valence-corrected chi connectivity index (χ3v) is 4.86. The number of hydrogen-bond donors (Lipinski definition) is 2. The van der Waals surface area contributed by atoms with Crippen molar-refractivity contribution in [2.24, 2.45) is 5.73 Å². The number of nitrogens with two attached hydrogens (primary N) is 1. The number of aromatic nitrogens is 1. The lowest BCUT2D eigenvalue weighted by Gasteiger charge is -2.50. The van der Waals surface area contributed by atoms with Gasteiger partial charge in [0, 0.05) is 25.3 Å². The lowest BCUT2D eigenvalue weighted by Crippen LogP contribution is -2.62. The second-order valence-corrected chi connectivity index (χ2v) is 6.30. The Kier molecular flexibility index (Phi) is 3.85. The van der Waals surface area contributed by atoms with Crippen LogP contribution in [0.2, 0.25) is 0 Å². The van der Waals surface area contributed by atoms with Gasteiger partial charge in [-0.25, -0.2) is 4.98 Å². The van der Waals surface area contributed by atoms with Gasteiger partial charge < -0.3 is 16.0 Å². The van der Waals surface area contributed by atoms with Crippen molar-refractivity contribution >= 4 is 11.7 Å². The number of nitrogens with one attached hydrogen (secondary N) is 1. The molecule has 1 aromatic rings. The van der Waals surface area contributed by atoms with Crippen LogP contribution in [-0.2, 0) is 0 Å². The molecule has 1 aromatic heterocycles. The first kappa shape index (κ1) is 14.3. The molecule has 2 fully saturated rings. The Labute approximate surface area is 125 Å². The van der Waals surface area contributed by atoms with E-state index in [1.54, 1.807) is 0 Å². The number of pyridine rings is 1. The van der Waals surface area contributed by atoms with Crippen LogP contribution in [0.1, 0.15) is 48.2 Å². The Bertz CT molecular complexity index is 529. The SMILES string of the molecule is Cc1ccc(C(N)=O)c(N2CCNCC23CCCCC3)n1. The van der Waals surface area contributed by atoms with Crippen molar-refractivity contribution in [1.29, 1.82) is 0 Å². The van der Waals surface area contributed by atoms with Crippen LogP contribution in [0.15, 0.2) is 12.1 Å². The fourth-order valence-electron chi connectivity index (χ4n) is 3.77. The molecule has 0 atom stereocenters. The highest BCUT2D eigenvalue weighted by Gasteiger charge is 2.41. The molecule has 0 aromatic carbocycles. The number of aryl methyl sites for hydroxylation is 1. The van der Waals surface area contributed by atoms with Crippen molar-refractivity contribution in [3.63, 3.8) is 0 Å². The van der Waals surface area contributed by atoms with E-state index in [0.29, 0.717) is 5.56 Å². The summed E-state index contributed by atoms with van der Waals surface area (Å²) in [6.45, 7) is 4.75. The van der Waals surface area contributed by atoms with Gasteiger partial charge in [-0.3, -0.25) is 4.79 Å². The minimum atomic E-state index is -0.387. The maximum Gasteiger partial charge on any atom is 0.252 e. The number of hydrogen-bond acceptors (Lipinski definition) is 4. The van der Waals surface area contributed by atoms with Gasteiger partial charge in [0.05, 0.1) is 11.1 Å². The number of piperazine rings is 1. The first-order valence-corrected chi connectivity index (χ1v) is 7.88. The summed E-state index contributed by atoms with van der Waals surface area (Å²) < 4.78 is 0. The number of nitrogens with zero attached hydrogens (tertiary/aromatic N) is 2. The largest absolute Gasteiger partial charge is 0.365 e. The van der Waals surface area contributed by atoms with Gasteiger partial charge in [-0.15, -0.1) is 0 Å². The predicted molar refractivity (Wildman–Crippen MR) is 83.5 cm³/mol. The fourth-order valence-corrected chi connectivity index (χ4v) is 3.77. The normalized spacial score (nSPS) is 21.5. The molecule has 5 heteroatoms. The topological polar surface area (TPSA) is 71.2 Å². The van der Waals surface area contributed by atoms with E-state index in [-0.39, 0.29) is 11.4 Å². The lowest BCUT2D eigenvalue weighted by molar-refractivity contribution is 0.0999. The van der Waals surface area contributed by atoms with E-state index in [1.165, 1.54) is 19.3 Å². The second-order valence-electron chi connectivity index (χ2n) is 6.30. The number of amides is 1. The van der Waals surface area contributed by atoms with E-state index in [2.05, 4.69) is 15.2 Å². The molecule has 0 radical (unpaired) electrons. The molecular weight excluding hydrogens is 264 g/mol. The van der Waals surface area contributed by atoms with Crippen LogP contribution < -0.4 is 16.0 Å². The number of anilines is 1. The van der Waals surface area contributed by atoms with Crippen LogP contribution in [0, 0.1) is 6.92 Å². The number of rotatable bonds is 2. The maximum atomic E-state index is 11.8. The van der Waals surface area contributed by atoms with E-state index < -0.39 is 0 Å². The zero-order valence-electron chi connectivity index (χ0n) is 12.7. The highest BCUT2D eigenvalue weighted by molar-refractivity contribution is 5.97. The lowest BCUT2D eigenvalue weighted by atomic mass is 9.79. The third-order valence-electron chi connectivity index (χ3n) is 4.86. The Balaban J connectivity index is 2.04. The van der Waals surface area contributed by atoms with Gasteiger partial charge in [0.25, 0.3) is 5.91 Å². The molecule has 1 saturated carbocycles. The standard InChI is InChI=1S/C16H24N4O/c1-12-5-6-13(14(17)21)15(19-12)20-10-9-18-11-16(20)7-3-2-4-8-16/h5-6,18H,2-4,7-11H2,1H3,(H2,17,21). The Morgan fingerprint density at radius 1 is 1.33 bits per heavy atom. The van der Waals surface area contributed by atoms with Crippen LogP contribution in [0.5, 0.6) is 0 Å². The van der Waals surface area contributed by atoms with Crippen LogP contribution >= 0.6 is 0 Å². The predicted octanol–water partition coefficient (Wildman–Crippen LogP) is 1.60. The van der Waals surface area contributed by atoms with Gasteiger partial charge in [-0.05, 0) is 31.9 Å². The molecule has 2 heterocycles. The first-order valence-electron chi connectivity index (χ1n) is 7.88. The molecule has 1 saturated heterocycles. The summed E-state index contributed by atoms with van der Waals surface area (Å²) in [5, 5.41) is 3.52. The van der Waals surface area contributed by atoms with E-state index in [9.17, 15) is 4.79 Å². The average molecular weight is 288 g/mol. The highest BCUT2D eigenvalue weighted by atomic mass is 16.1. The Hall–Kier alpha value is -1.62. The van der Waals surface area contributed by atoms with Gasteiger partial charge in [-0.2, -0.15) is 0 Å². The van der Waals surface area contributed by atoms with Gasteiger partial charge in [-0.1, -0.05) is 19.3 Å². The maximum absolute atomic E-state index is 11.8. The summed E-state index contributed by atoms with van der Waals surface area (Å²) in [7, 11) is 0. The summed E-state index contributed by atoms with van der Waals surface area (Å²) in [5.41, 5.74) is 7.15. The summed E-state index contributed by atoms with van der Waals surface area (Å²) in [6.07, 6.45) is 6.12. The zero-order valence-corrected chi connectivity index (χ0v) is 12.7. The minimum Gasteiger partial charge on any atom is -0.365 e. The monoisotopic (exact) mass is 288 g/mol. The Morgan fingerprint density at radius 3 is 2.81 bits per heavy atom. The molecule has 3 rings (SSSR count). The minimum absolute atomic E-state index is 0.0987. The summed E-state index contributed by atoms with van der Waals surface area (Å²) in [6, 6.07) is 3.68. The molecule has 21 heavy (non-hydrogen) atoms. The van der Waals surface area contributed by atoms with Crippen LogP contribution in [0.3, 0.4) is 0 Å². The molecule has 1 amide bonds. The van der Waals surface area contributed by atoms with Crippen molar-refractivity contribution < 1.29 is 4.79 Å². The summed E-state index contributed by atoms with van der Waals surface area (Å²) in [4.78, 5) is 18.8. The molecule has 1 spiro atoms. The number of carbonyl (C=O) groups excluding carboxylic acids is 1. The molecule has 114 valence electrons. The van der Waals surface area contributed by atoms with Gasteiger partial charge in [0.2, 0.25) is 0 Å². The summed E-state index contributed by atoms with van der Waals surface area (Å²) >= 11 is 0. The number of carbonyl (C=O) groups is 1. The van der Waals surface area contributed by atoms with Crippen molar-refractivity contribution in [1.82, 2.24) is 10.3 Å². The van der Waals surface area contributed by atoms with Gasteiger partial charge in [0.15, 0.2) is 0 Å². The molecule has 5 nitrogen and oxygen atoms in total.